The maximum absolute atomic E-state index is 8.79. The van der Waals surface area contributed by atoms with Gasteiger partial charge in [0.1, 0.15) is 12.4 Å². The van der Waals surface area contributed by atoms with E-state index < -0.39 is 0 Å². The van der Waals surface area contributed by atoms with Crippen molar-refractivity contribution in [2.45, 2.75) is 6.29 Å². The zero-order valence-electron chi connectivity index (χ0n) is 12.1. The smallest absolute Gasteiger partial charge is 0.191 e. The summed E-state index contributed by atoms with van der Waals surface area (Å²) >= 11 is 0. The van der Waals surface area contributed by atoms with Gasteiger partial charge in [0, 0.05) is 14.2 Å². The van der Waals surface area contributed by atoms with Crippen molar-refractivity contribution in [3.05, 3.63) is 54.1 Å². The molecule has 0 heterocycles. The molecule has 0 aliphatic carbocycles. The molecule has 21 heavy (non-hydrogen) atoms. The van der Waals surface area contributed by atoms with Gasteiger partial charge in [-0.25, -0.2) is 0 Å². The number of ether oxygens (including phenoxy) is 3. The average Bonchev–Trinajstić information content (AvgIpc) is 2.56. The van der Waals surface area contributed by atoms with Gasteiger partial charge in [-0.05, 0) is 35.4 Å². The highest BCUT2D eigenvalue weighted by Gasteiger charge is 2.06. The Kier molecular flexibility index (Phi) is 5.33. The van der Waals surface area contributed by atoms with Crippen LogP contribution in [-0.2, 0) is 9.47 Å². The van der Waals surface area contributed by atoms with Gasteiger partial charge in [0.2, 0.25) is 0 Å². The van der Waals surface area contributed by atoms with E-state index in [0.717, 1.165) is 16.9 Å². The number of hydrogen-bond acceptors (Lipinski definition) is 4. The van der Waals surface area contributed by atoms with E-state index in [9.17, 15) is 0 Å². The Morgan fingerprint density at radius 3 is 1.90 bits per heavy atom. The first-order valence-corrected chi connectivity index (χ1v) is 6.56. The number of benzene rings is 2. The standard InChI is InChI=1S/C17H17NO3/c1-19-17(20-2)12-21-16-9-7-15(8-10-16)14-5-3-13(11-18)4-6-14/h3-10,17H,12H2,1-2H3. The van der Waals surface area contributed by atoms with Crippen molar-refractivity contribution in [1.29, 1.82) is 5.26 Å². The maximum Gasteiger partial charge on any atom is 0.191 e. The van der Waals surface area contributed by atoms with Crippen molar-refractivity contribution in [2.24, 2.45) is 0 Å². The summed E-state index contributed by atoms with van der Waals surface area (Å²) in [5.74, 6) is 0.756. The molecule has 0 saturated carbocycles. The minimum absolute atomic E-state index is 0.337. The molecular formula is C17H17NO3. The van der Waals surface area contributed by atoms with Crippen molar-refractivity contribution in [1.82, 2.24) is 0 Å². The molecule has 108 valence electrons. The Labute approximate surface area is 124 Å². The van der Waals surface area contributed by atoms with Gasteiger partial charge in [0.25, 0.3) is 0 Å². The third-order valence-electron chi connectivity index (χ3n) is 3.11. The molecular weight excluding hydrogens is 266 g/mol. The minimum atomic E-state index is -0.372. The Morgan fingerprint density at radius 2 is 1.43 bits per heavy atom. The fourth-order valence-electron chi connectivity index (χ4n) is 1.88. The molecule has 0 aromatic heterocycles. The summed E-state index contributed by atoms with van der Waals surface area (Å²) < 4.78 is 15.7. The summed E-state index contributed by atoms with van der Waals surface area (Å²) in [5, 5.41) is 8.79. The molecule has 0 spiro atoms. The van der Waals surface area contributed by atoms with Crippen LogP contribution in [0.4, 0.5) is 0 Å². The van der Waals surface area contributed by atoms with Crippen LogP contribution in [0.15, 0.2) is 48.5 Å². The van der Waals surface area contributed by atoms with E-state index in [4.69, 9.17) is 19.5 Å². The molecule has 4 heteroatoms. The molecule has 0 fully saturated rings. The highest BCUT2D eigenvalue weighted by Crippen LogP contribution is 2.22. The Balaban J connectivity index is 2.02. The molecule has 2 aromatic carbocycles. The van der Waals surface area contributed by atoms with E-state index in [1.54, 1.807) is 14.2 Å². The number of nitriles is 1. The normalized spacial score (nSPS) is 10.4. The molecule has 0 radical (unpaired) electrons. The second-order valence-corrected chi connectivity index (χ2v) is 4.43. The van der Waals surface area contributed by atoms with Crippen LogP contribution in [0.3, 0.4) is 0 Å². The summed E-state index contributed by atoms with van der Waals surface area (Å²) in [6.07, 6.45) is -0.372. The lowest BCUT2D eigenvalue weighted by Crippen LogP contribution is -2.21. The lowest BCUT2D eigenvalue weighted by atomic mass is 10.0. The molecule has 0 bridgehead atoms. The third kappa shape index (κ3) is 4.06. The minimum Gasteiger partial charge on any atom is -0.488 e. The fourth-order valence-corrected chi connectivity index (χ4v) is 1.88. The van der Waals surface area contributed by atoms with Crippen LogP contribution in [0.2, 0.25) is 0 Å². The highest BCUT2D eigenvalue weighted by molar-refractivity contribution is 5.64. The van der Waals surface area contributed by atoms with Gasteiger partial charge in [0.15, 0.2) is 6.29 Å². The lowest BCUT2D eigenvalue weighted by Gasteiger charge is -2.14. The molecule has 0 saturated heterocycles. The van der Waals surface area contributed by atoms with E-state index in [0.29, 0.717) is 12.2 Å². The van der Waals surface area contributed by atoms with Crippen molar-refractivity contribution in [3.63, 3.8) is 0 Å². The van der Waals surface area contributed by atoms with Gasteiger partial charge in [-0.15, -0.1) is 0 Å². The Bertz CT molecular complexity index is 595. The first-order valence-electron chi connectivity index (χ1n) is 6.56. The van der Waals surface area contributed by atoms with Crippen molar-refractivity contribution >= 4 is 0 Å². The van der Waals surface area contributed by atoms with Crippen LogP contribution in [-0.4, -0.2) is 27.1 Å². The van der Waals surface area contributed by atoms with Gasteiger partial charge in [-0.1, -0.05) is 24.3 Å². The lowest BCUT2D eigenvalue weighted by molar-refractivity contribution is -0.121. The number of hydrogen-bond donors (Lipinski definition) is 0. The topological polar surface area (TPSA) is 51.5 Å². The van der Waals surface area contributed by atoms with Crippen LogP contribution < -0.4 is 4.74 Å². The molecule has 0 aliphatic rings. The largest absolute Gasteiger partial charge is 0.488 e. The van der Waals surface area contributed by atoms with Gasteiger partial charge in [-0.2, -0.15) is 5.26 Å². The Morgan fingerprint density at radius 1 is 0.905 bits per heavy atom. The first-order chi connectivity index (χ1) is 10.3. The molecule has 2 rings (SSSR count). The summed E-state index contributed by atoms with van der Waals surface area (Å²) in [6, 6.07) is 17.3. The van der Waals surface area contributed by atoms with Crippen molar-refractivity contribution in [2.75, 3.05) is 20.8 Å². The first kappa shape index (κ1) is 15.0. The van der Waals surface area contributed by atoms with Crippen molar-refractivity contribution in [3.8, 4) is 22.9 Å². The maximum atomic E-state index is 8.79. The van der Waals surface area contributed by atoms with Crippen LogP contribution in [0.25, 0.3) is 11.1 Å². The monoisotopic (exact) mass is 283 g/mol. The summed E-state index contributed by atoms with van der Waals surface area (Å²) in [6.45, 7) is 0.337. The van der Waals surface area contributed by atoms with Crippen LogP contribution in [0.1, 0.15) is 5.56 Å². The quantitative estimate of drug-likeness (QED) is 0.764. The number of rotatable bonds is 6. The predicted molar refractivity (Wildman–Crippen MR) is 79.9 cm³/mol. The van der Waals surface area contributed by atoms with Gasteiger partial charge in [-0.3, -0.25) is 0 Å². The number of methoxy groups -OCH3 is 2. The van der Waals surface area contributed by atoms with E-state index in [1.807, 2.05) is 48.5 Å². The van der Waals surface area contributed by atoms with Gasteiger partial charge in [0.05, 0.1) is 11.6 Å². The summed E-state index contributed by atoms with van der Waals surface area (Å²) in [4.78, 5) is 0. The highest BCUT2D eigenvalue weighted by atomic mass is 16.7. The van der Waals surface area contributed by atoms with E-state index in [2.05, 4.69) is 6.07 Å². The fraction of sp³-hybridized carbons (Fsp3) is 0.235. The second-order valence-electron chi connectivity index (χ2n) is 4.43. The third-order valence-corrected chi connectivity index (χ3v) is 3.11. The molecule has 2 aromatic rings. The van der Waals surface area contributed by atoms with Gasteiger partial charge >= 0.3 is 0 Å². The van der Waals surface area contributed by atoms with Crippen LogP contribution in [0.5, 0.6) is 5.75 Å². The Hall–Kier alpha value is -2.35. The number of nitrogens with zero attached hydrogens (tertiary/aromatic N) is 1. The average molecular weight is 283 g/mol. The van der Waals surface area contributed by atoms with Crippen LogP contribution >= 0.6 is 0 Å². The molecule has 0 unspecified atom stereocenters. The second kappa shape index (κ2) is 7.44. The van der Waals surface area contributed by atoms with Crippen LogP contribution in [0, 0.1) is 11.3 Å². The molecule has 0 N–H and O–H groups in total. The van der Waals surface area contributed by atoms with E-state index in [-0.39, 0.29) is 6.29 Å². The van der Waals surface area contributed by atoms with E-state index in [1.165, 1.54) is 0 Å². The SMILES string of the molecule is COC(COc1ccc(-c2ccc(C#N)cc2)cc1)OC. The van der Waals surface area contributed by atoms with Crippen molar-refractivity contribution < 1.29 is 14.2 Å². The molecule has 0 atom stereocenters. The zero-order valence-corrected chi connectivity index (χ0v) is 12.1. The zero-order chi connectivity index (χ0) is 15.1. The predicted octanol–water partition coefficient (Wildman–Crippen LogP) is 3.22. The van der Waals surface area contributed by atoms with E-state index >= 15 is 0 Å². The van der Waals surface area contributed by atoms with Gasteiger partial charge < -0.3 is 14.2 Å². The molecule has 0 aliphatic heterocycles. The summed E-state index contributed by atoms with van der Waals surface area (Å²) in [5.41, 5.74) is 2.79. The molecule has 0 amide bonds. The molecule has 4 nitrogen and oxygen atoms in total. The summed E-state index contributed by atoms with van der Waals surface area (Å²) in [7, 11) is 3.15.